The molecule has 5 nitrogen and oxygen atoms in total. The van der Waals surface area contributed by atoms with E-state index in [-0.39, 0.29) is 12.0 Å². The first kappa shape index (κ1) is 16.1. The first-order chi connectivity index (χ1) is 12.2. The van der Waals surface area contributed by atoms with E-state index in [0.29, 0.717) is 6.42 Å². The number of thiazole rings is 1. The predicted octanol–water partition coefficient (Wildman–Crippen LogP) is 3.55. The van der Waals surface area contributed by atoms with E-state index in [9.17, 15) is 4.79 Å². The molecule has 1 fully saturated rings. The summed E-state index contributed by atoms with van der Waals surface area (Å²) in [7, 11) is 0. The van der Waals surface area contributed by atoms with E-state index in [1.54, 1.807) is 11.3 Å². The van der Waals surface area contributed by atoms with Crippen LogP contribution in [0.1, 0.15) is 22.7 Å². The van der Waals surface area contributed by atoms with Gasteiger partial charge in [-0.2, -0.15) is 0 Å². The lowest BCUT2D eigenvalue weighted by molar-refractivity contribution is -0.132. The minimum Gasteiger partial charge on any atom is -0.490 e. The number of ether oxygens (including phenoxy) is 1. The van der Waals surface area contributed by atoms with Gasteiger partial charge in [0, 0.05) is 54.1 Å². The molecule has 3 heterocycles. The van der Waals surface area contributed by atoms with Gasteiger partial charge >= 0.3 is 0 Å². The summed E-state index contributed by atoms with van der Waals surface area (Å²) in [6.45, 7) is 3.47. The van der Waals surface area contributed by atoms with E-state index < -0.39 is 0 Å². The lowest BCUT2D eigenvalue weighted by Crippen LogP contribution is -2.42. The highest BCUT2D eigenvalue weighted by Gasteiger charge is 2.24. The molecule has 1 amide bonds. The van der Waals surface area contributed by atoms with Crippen molar-refractivity contribution in [2.24, 2.45) is 0 Å². The summed E-state index contributed by atoms with van der Waals surface area (Å²) in [6.07, 6.45) is 6.10. The van der Waals surface area contributed by atoms with Crippen LogP contribution < -0.4 is 4.74 Å². The fraction of sp³-hybridized carbons (Fsp3) is 0.368. The van der Waals surface area contributed by atoms with Crippen molar-refractivity contribution < 1.29 is 9.53 Å². The smallest absolute Gasteiger partial charge is 0.227 e. The van der Waals surface area contributed by atoms with Gasteiger partial charge in [0.15, 0.2) is 0 Å². The monoisotopic (exact) mass is 355 g/mol. The number of nitrogens with one attached hydrogen (secondary N) is 1. The highest BCUT2D eigenvalue weighted by atomic mass is 32.1. The largest absolute Gasteiger partial charge is 0.490 e. The van der Waals surface area contributed by atoms with Gasteiger partial charge in [0.2, 0.25) is 5.91 Å². The number of carbonyl (C=O) groups excluding carboxylic acids is 1. The number of amides is 1. The molecule has 0 spiro atoms. The molecule has 1 aliphatic heterocycles. The van der Waals surface area contributed by atoms with E-state index in [0.717, 1.165) is 52.5 Å². The molecule has 0 aliphatic carbocycles. The van der Waals surface area contributed by atoms with Crippen molar-refractivity contribution in [3.8, 4) is 5.75 Å². The molecule has 25 heavy (non-hydrogen) atoms. The number of benzene rings is 1. The fourth-order valence-corrected chi connectivity index (χ4v) is 4.10. The van der Waals surface area contributed by atoms with Gasteiger partial charge in [-0.15, -0.1) is 11.3 Å². The number of fused-ring (bicyclic) bond motifs is 1. The molecular formula is C19H21N3O2S. The molecule has 0 radical (unpaired) electrons. The highest BCUT2D eigenvalue weighted by molar-refractivity contribution is 7.11. The van der Waals surface area contributed by atoms with E-state index in [1.807, 2.05) is 48.5 Å². The predicted molar refractivity (Wildman–Crippen MR) is 99.1 cm³/mol. The number of H-pyrrole nitrogens is 1. The van der Waals surface area contributed by atoms with Crippen LogP contribution >= 0.6 is 11.3 Å². The first-order valence-corrected chi connectivity index (χ1v) is 9.42. The van der Waals surface area contributed by atoms with Crippen molar-refractivity contribution in [1.29, 1.82) is 0 Å². The number of carbonyl (C=O) groups is 1. The third-order valence-electron chi connectivity index (χ3n) is 4.64. The number of aryl methyl sites for hydroxylation is 1. The van der Waals surface area contributed by atoms with Gasteiger partial charge in [-0.25, -0.2) is 4.98 Å². The first-order valence-electron chi connectivity index (χ1n) is 8.61. The quantitative estimate of drug-likeness (QED) is 0.779. The number of hydrogen-bond acceptors (Lipinski definition) is 4. The maximum absolute atomic E-state index is 12.4. The van der Waals surface area contributed by atoms with E-state index in [4.69, 9.17) is 4.74 Å². The standard InChI is InChI=1S/C19H21N3O2S/c1-13-21-12-15(25-13)11-19(23)22-9-6-14(7-10-22)24-18-4-2-3-17-16(18)5-8-20-17/h2-5,8,12,14,20H,6-7,9-11H2,1H3. The Morgan fingerprint density at radius 3 is 2.96 bits per heavy atom. The Morgan fingerprint density at radius 1 is 1.36 bits per heavy atom. The average Bonchev–Trinajstić information content (AvgIpc) is 3.25. The lowest BCUT2D eigenvalue weighted by atomic mass is 10.1. The van der Waals surface area contributed by atoms with Gasteiger partial charge in [-0.3, -0.25) is 4.79 Å². The fourth-order valence-electron chi connectivity index (χ4n) is 3.31. The highest BCUT2D eigenvalue weighted by Crippen LogP contribution is 2.27. The molecule has 6 heteroatoms. The Morgan fingerprint density at radius 2 is 2.20 bits per heavy atom. The number of piperidine rings is 1. The number of likely N-dealkylation sites (tertiary alicyclic amines) is 1. The third-order valence-corrected chi connectivity index (χ3v) is 5.55. The molecule has 2 aromatic heterocycles. The van der Waals surface area contributed by atoms with Crippen LogP contribution in [0.4, 0.5) is 0 Å². The zero-order valence-corrected chi connectivity index (χ0v) is 15.0. The van der Waals surface area contributed by atoms with Crippen molar-refractivity contribution >= 4 is 28.1 Å². The zero-order valence-electron chi connectivity index (χ0n) is 14.2. The topological polar surface area (TPSA) is 58.2 Å². The Hall–Kier alpha value is -2.34. The van der Waals surface area contributed by atoms with Crippen LogP contribution in [0, 0.1) is 6.92 Å². The number of rotatable bonds is 4. The van der Waals surface area contributed by atoms with Crippen molar-refractivity contribution in [1.82, 2.24) is 14.9 Å². The van der Waals surface area contributed by atoms with E-state index >= 15 is 0 Å². The van der Waals surface area contributed by atoms with Gasteiger partial charge in [-0.05, 0) is 25.1 Å². The Labute approximate surface area is 150 Å². The summed E-state index contributed by atoms with van der Waals surface area (Å²) in [5.74, 6) is 1.11. The van der Waals surface area contributed by atoms with Crippen LogP contribution in [0.5, 0.6) is 5.75 Å². The maximum Gasteiger partial charge on any atom is 0.227 e. The van der Waals surface area contributed by atoms with Gasteiger partial charge in [0.1, 0.15) is 11.9 Å². The van der Waals surface area contributed by atoms with Crippen molar-refractivity contribution in [2.75, 3.05) is 13.1 Å². The van der Waals surface area contributed by atoms with Crippen molar-refractivity contribution in [2.45, 2.75) is 32.3 Å². The molecule has 130 valence electrons. The molecule has 4 rings (SSSR count). The second kappa shape index (κ2) is 6.88. The number of aromatic nitrogens is 2. The third kappa shape index (κ3) is 3.54. The second-order valence-electron chi connectivity index (χ2n) is 6.42. The molecule has 0 atom stereocenters. The Kier molecular flexibility index (Phi) is 4.44. The summed E-state index contributed by atoms with van der Waals surface area (Å²) < 4.78 is 6.21. The molecule has 1 saturated heterocycles. The minimum absolute atomic E-state index is 0.162. The summed E-state index contributed by atoms with van der Waals surface area (Å²) in [6, 6.07) is 8.11. The number of nitrogens with zero attached hydrogens (tertiary/aromatic N) is 2. The maximum atomic E-state index is 12.4. The van der Waals surface area contributed by atoms with Crippen molar-refractivity contribution in [3.63, 3.8) is 0 Å². The van der Waals surface area contributed by atoms with Gasteiger partial charge < -0.3 is 14.6 Å². The van der Waals surface area contributed by atoms with Crippen LogP contribution in [0.15, 0.2) is 36.7 Å². The Bertz CT molecular complexity index is 878. The molecule has 1 aromatic carbocycles. The van der Waals surface area contributed by atoms with Crippen LogP contribution in [0.25, 0.3) is 10.9 Å². The summed E-state index contributed by atoms with van der Waals surface area (Å²) in [5.41, 5.74) is 1.09. The molecule has 1 N–H and O–H groups in total. The van der Waals surface area contributed by atoms with Gasteiger partial charge in [0.25, 0.3) is 0 Å². The van der Waals surface area contributed by atoms with E-state index in [1.165, 1.54) is 0 Å². The summed E-state index contributed by atoms with van der Waals surface area (Å²) >= 11 is 1.60. The Balaban J connectivity index is 1.33. The van der Waals surface area contributed by atoms with Crippen LogP contribution in [0.2, 0.25) is 0 Å². The number of hydrogen-bond donors (Lipinski definition) is 1. The minimum atomic E-state index is 0.162. The average molecular weight is 355 g/mol. The zero-order chi connectivity index (χ0) is 17.2. The molecule has 0 bridgehead atoms. The van der Waals surface area contributed by atoms with Crippen LogP contribution in [-0.2, 0) is 11.2 Å². The second-order valence-corrected chi connectivity index (χ2v) is 7.73. The molecule has 0 saturated carbocycles. The molecule has 1 aliphatic rings. The van der Waals surface area contributed by atoms with Gasteiger partial charge in [0.05, 0.1) is 11.4 Å². The van der Waals surface area contributed by atoms with Crippen LogP contribution in [0.3, 0.4) is 0 Å². The SMILES string of the molecule is Cc1ncc(CC(=O)N2CCC(Oc3cccc4[nH]ccc34)CC2)s1. The summed E-state index contributed by atoms with van der Waals surface area (Å²) in [5, 5.41) is 2.12. The normalized spacial score (nSPS) is 15.6. The molecule has 0 unspecified atom stereocenters. The van der Waals surface area contributed by atoms with E-state index in [2.05, 4.69) is 9.97 Å². The van der Waals surface area contributed by atoms with Gasteiger partial charge in [-0.1, -0.05) is 6.07 Å². The summed E-state index contributed by atoms with van der Waals surface area (Å²) in [4.78, 5) is 22.9. The van der Waals surface area contributed by atoms with Crippen molar-refractivity contribution in [3.05, 3.63) is 46.5 Å². The molecular weight excluding hydrogens is 334 g/mol. The van der Waals surface area contributed by atoms with Crippen LogP contribution in [-0.4, -0.2) is 40.0 Å². The molecule has 3 aromatic rings. The lowest BCUT2D eigenvalue weighted by Gasteiger charge is -2.32. The number of aromatic amines is 1.